The number of aliphatic hydroxyl groups is 1. The number of hydrogen-bond donors (Lipinski definition) is 5. The quantitative estimate of drug-likeness (QED) is 0.389. The van der Waals surface area contributed by atoms with Crippen LogP contribution < -0.4 is 16.2 Å². The van der Waals surface area contributed by atoms with Gasteiger partial charge in [-0.15, -0.1) is 0 Å². The molecule has 0 radical (unpaired) electrons. The van der Waals surface area contributed by atoms with E-state index in [1.807, 2.05) is 0 Å². The third-order valence-electron chi connectivity index (χ3n) is 3.97. The van der Waals surface area contributed by atoms with Gasteiger partial charge < -0.3 is 15.5 Å². The first-order valence-electron chi connectivity index (χ1n) is 8.25. The molecule has 2 rings (SSSR count). The van der Waals surface area contributed by atoms with Gasteiger partial charge in [0.1, 0.15) is 11.8 Å². The van der Waals surface area contributed by atoms with Crippen molar-refractivity contribution in [2.75, 3.05) is 5.32 Å². The van der Waals surface area contributed by atoms with Crippen molar-refractivity contribution in [2.45, 2.75) is 26.0 Å². The zero-order chi connectivity index (χ0) is 20.8. The highest BCUT2D eigenvalue weighted by Gasteiger charge is 2.25. The zero-order valence-electron chi connectivity index (χ0n) is 15.2. The molecule has 2 amide bonds. The zero-order valence-corrected chi connectivity index (χ0v) is 15.9. The number of nitrogens with one attached hydrogen (secondary N) is 3. The number of phenols is 1. The number of hydrogen-bond acceptors (Lipinski definition) is 5. The monoisotopic (exact) mass is 402 g/mol. The Balaban J connectivity index is 2.09. The standard InChI is InChI=1S/C19H19ClN4O4/c1-10-14(7-8-15(21-3)16(10)20)22-17(11(2)25)19(28)24-23-18(27)12-5-4-6-13(26)9-12/h4-9,11,17,22,25-26H,1-2H3,(H,23,27)(H,24,28)/t11-,17+/m0/s1. The van der Waals surface area contributed by atoms with Crippen molar-refractivity contribution in [3.63, 3.8) is 0 Å². The summed E-state index contributed by atoms with van der Waals surface area (Å²) in [6, 6.07) is 7.61. The molecule has 9 heteroatoms. The largest absolute Gasteiger partial charge is 0.508 e. The maximum Gasteiger partial charge on any atom is 0.269 e. The maximum absolute atomic E-state index is 12.4. The molecule has 0 bridgehead atoms. The lowest BCUT2D eigenvalue weighted by atomic mass is 10.1. The van der Waals surface area contributed by atoms with Gasteiger partial charge in [-0.05, 0) is 43.7 Å². The molecule has 2 aromatic rings. The molecule has 28 heavy (non-hydrogen) atoms. The first kappa shape index (κ1) is 21.0. The Kier molecular flexibility index (Phi) is 6.82. The number of benzene rings is 2. The Morgan fingerprint density at radius 3 is 2.54 bits per heavy atom. The first-order valence-corrected chi connectivity index (χ1v) is 8.62. The van der Waals surface area contributed by atoms with Crippen LogP contribution in [-0.4, -0.2) is 34.2 Å². The van der Waals surface area contributed by atoms with Gasteiger partial charge in [-0.1, -0.05) is 23.7 Å². The molecular weight excluding hydrogens is 384 g/mol. The second-order valence-electron chi connectivity index (χ2n) is 6.04. The number of amides is 2. The SMILES string of the molecule is [C-]#[N+]c1ccc(N[C@@H](C(=O)NNC(=O)c2cccc(O)c2)[C@H](C)O)c(C)c1Cl. The van der Waals surface area contributed by atoms with Gasteiger partial charge >= 0.3 is 0 Å². The summed E-state index contributed by atoms with van der Waals surface area (Å²) in [6.45, 7) is 10.2. The minimum atomic E-state index is -1.10. The van der Waals surface area contributed by atoms with Crippen molar-refractivity contribution >= 4 is 34.8 Å². The predicted octanol–water partition coefficient (Wildman–Crippen LogP) is 2.53. The van der Waals surface area contributed by atoms with E-state index in [1.165, 1.54) is 37.3 Å². The molecule has 0 unspecified atom stereocenters. The van der Waals surface area contributed by atoms with Crippen molar-refractivity contribution in [3.05, 3.63) is 64.0 Å². The summed E-state index contributed by atoms with van der Waals surface area (Å²) in [5, 5.41) is 22.5. The average molecular weight is 403 g/mol. The van der Waals surface area contributed by atoms with Crippen molar-refractivity contribution < 1.29 is 19.8 Å². The smallest absolute Gasteiger partial charge is 0.269 e. The number of carbonyl (C=O) groups excluding carboxylic acids is 2. The van der Waals surface area contributed by atoms with E-state index in [4.69, 9.17) is 18.2 Å². The normalized spacial score (nSPS) is 12.4. The number of nitrogens with zero attached hydrogens (tertiary/aromatic N) is 1. The molecule has 0 heterocycles. The molecule has 5 N–H and O–H groups in total. The predicted molar refractivity (Wildman–Crippen MR) is 105 cm³/mol. The lowest BCUT2D eigenvalue weighted by Gasteiger charge is -2.23. The van der Waals surface area contributed by atoms with Gasteiger partial charge in [0.2, 0.25) is 5.69 Å². The minimum Gasteiger partial charge on any atom is -0.508 e. The Morgan fingerprint density at radius 1 is 1.21 bits per heavy atom. The van der Waals surface area contributed by atoms with E-state index < -0.39 is 24.0 Å². The first-order chi connectivity index (χ1) is 13.2. The summed E-state index contributed by atoms with van der Waals surface area (Å²) in [5.74, 6) is -1.40. The maximum atomic E-state index is 12.4. The number of halogens is 1. The molecule has 0 saturated carbocycles. The average Bonchev–Trinajstić information content (AvgIpc) is 2.66. The number of anilines is 1. The fraction of sp³-hybridized carbons (Fsp3) is 0.211. The number of carbonyl (C=O) groups is 2. The Bertz CT molecular complexity index is 940. The Hall–Kier alpha value is -3.28. The van der Waals surface area contributed by atoms with Gasteiger partial charge in [0.15, 0.2) is 0 Å². The van der Waals surface area contributed by atoms with Gasteiger partial charge in [0.05, 0.1) is 17.7 Å². The minimum absolute atomic E-state index is 0.0854. The molecule has 0 spiro atoms. The number of rotatable bonds is 5. The summed E-state index contributed by atoms with van der Waals surface area (Å²) in [4.78, 5) is 27.8. The summed E-state index contributed by atoms with van der Waals surface area (Å²) in [5.41, 5.74) is 5.91. The molecule has 2 atom stereocenters. The van der Waals surface area contributed by atoms with Gasteiger partial charge in [-0.3, -0.25) is 20.4 Å². The highest BCUT2D eigenvalue weighted by atomic mass is 35.5. The van der Waals surface area contributed by atoms with Crippen LogP contribution in [0.1, 0.15) is 22.8 Å². The van der Waals surface area contributed by atoms with Gasteiger partial charge in [0, 0.05) is 11.3 Å². The van der Waals surface area contributed by atoms with E-state index in [9.17, 15) is 19.8 Å². The second-order valence-corrected chi connectivity index (χ2v) is 6.42. The van der Waals surface area contributed by atoms with Crippen LogP contribution in [0.4, 0.5) is 11.4 Å². The molecule has 0 aliphatic heterocycles. The number of aliphatic hydroxyl groups excluding tert-OH is 1. The fourth-order valence-electron chi connectivity index (χ4n) is 2.40. The van der Waals surface area contributed by atoms with Crippen LogP contribution in [0.5, 0.6) is 5.75 Å². The molecule has 0 aliphatic rings. The molecule has 0 aromatic heterocycles. The van der Waals surface area contributed by atoms with Crippen LogP contribution in [0, 0.1) is 13.5 Å². The van der Waals surface area contributed by atoms with Gasteiger partial charge in [-0.2, -0.15) is 0 Å². The summed E-state index contributed by atoms with van der Waals surface area (Å²) >= 11 is 6.13. The Morgan fingerprint density at radius 2 is 1.93 bits per heavy atom. The molecule has 0 saturated heterocycles. The van der Waals surface area contributed by atoms with Crippen LogP contribution in [0.2, 0.25) is 5.02 Å². The van der Waals surface area contributed by atoms with Crippen LogP contribution in [0.15, 0.2) is 36.4 Å². The van der Waals surface area contributed by atoms with E-state index >= 15 is 0 Å². The van der Waals surface area contributed by atoms with Crippen LogP contribution in [0.3, 0.4) is 0 Å². The molecule has 0 aliphatic carbocycles. The molecule has 146 valence electrons. The lowest BCUT2D eigenvalue weighted by molar-refractivity contribution is -0.124. The van der Waals surface area contributed by atoms with Gasteiger partial charge in [0.25, 0.3) is 11.8 Å². The van der Waals surface area contributed by atoms with Crippen molar-refractivity contribution in [2.24, 2.45) is 0 Å². The molecule has 2 aromatic carbocycles. The van der Waals surface area contributed by atoms with Crippen LogP contribution in [-0.2, 0) is 4.79 Å². The van der Waals surface area contributed by atoms with Crippen LogP contribution >= 0.6 is 11.6 Å². The van der Waals surface area contributed by atoms with Crippen molar-refractivity contribution in [3.8, 4) is 5.75 Å². The Labute approximate surface area is 166 Å². The third-order valence-corrected chi connectivity index (χ3v) is 4.45. The topological polar surface area (TPSA) is 115 Å². The number of hydrazine groups is 1. The highest BCUT2D eigenvalue weighted by Crippen LogP contribution is 2.33. The van der Waals surface area contributed by atoms with E-state index in [0.29, 0.717) is 11.3 Å². The fourth-order valence-corrected chi connectivity index (χ4v) is 2.61. The third kappa shape index (κ3) is 4.91. The molecule has 8 nitrogen and oxygen atoms in total. The van der Waals surface area contributed by atoms with E-state index in [1.54, 1.807) is 13.0 Å². The molecular formula is C19H19ClN4O4. The van der Waals surface area contributed by atoms with E-state index in [0.717, 1.165) is 0 Å². The van der Waals surface area contributed by atoms with E-state index in [2.05, 4.69) is 21.0 Å². The second kappa shape index (κ2) is 9.08. The van der Waals surface area contributed by atoms with Crippen LogP contribution in [0.25, 0.3) is 4.85 Å². The summed E-state index contributed by atoms with van der Waals surface area (Å²) < 4.78 is 0. The van der Waals surface area contributed by atoms with Crippen molar-refractivity contribution in [1.29, 1.82) is 0 Å². The summed E-state index contributed by atoms with van der Waals surface area (Å²) in [7, 11) is 0. The van der Waals surface area contributed by atoms with Gasteiger partial charge in [-0.25, -0.2) is 4.85 Å². The molecule has 0 fully saturated rings. The summed E-state index contributed by atoms with van der Waals surface area (Å²) in [6.07, 6.45) is -1.10. The van der Waals surface area contributed by atoms with Crippen molar-refractivity contribution in [1.82, 2.24) is 10.9 Å². The number of aromatic hydroxyl groups is 1. The lowest BCUT2D eigenvalue weighted by Crippen LogP contribution is -2.52. The number of phenolic OH excluding ortho intramolecular Hbond substituents is 1. The van der Waals surface area contributed by atoms with E-state index in [-0.39, 0.29) is 22.0 Å². The highest BCUT2D eigenvalue weighted by molar-refractivity contribution is 6.34.